The Morgan fingerprint density at radius 1 is 1.12 bits per heavy atom. The van der Waals surface area contributed by atoms with Gasteiger partial charge in [0.2, 0.25) is 0 Å². The first-order chi connectivity index (χ1) is 11.7. The van der Waals surface area contributed by atoms with Crippen LogP contribution < -0.4 is 10.1 Å². The van der Waals surface area contributed by atoms with Gasteiger partial charge in [-0.2, -0.15) is 0 Å². The third kappa shape index (κ3) is 6.01. The Balaban J connectivity index is 1.68. The second-order valence-electron chi connectivity index (χ2n) is 5.30. The topological polar surface area (TPSA) is 47.6 Å². The quantitative estimate of drug-likeness (QED) is 0.717. The molecule has 0 radical (unpaired) electrons. The highest BCUT2D eigenvalue weighted by Gasteiger charge is 2.17. The smallest absolute Gasteiger partial charge is 0.261 e. The van der Waals surface area contributed by atoms with Crippen molar-refractivity contribution in [3.63, 3.8) is 0 Å². The summed E-state index contributed by atoms with van der Waals surface area (Å²) in [6, 6.07) is 15.5. The van der Waals surface area contributed by atoms with Gasteiger partial charge in [0, 0.05) is 6.54 Å². The summed E-state index contributed by atoms with van der Waals surface area (Å²) in [5.74, 6) is -0.0701. The predicted octanol–water partition coefficient (Wildman–Crippen LogP) is 3.32. The molecule has 0 saturated heterocycles. The largest absolute Gasteiger partial charge is 0.481 e. The summed E-state index contributed by atoms with van der Waals surface area (Å²) >= 11 is 0. The normalized spacial score (nSPS) is 11.8. The third-order valence-electron chi connectivity index (χ3n) is 3.41. The molecule has 0 unspecified atom stereocenters. The van der Waals surface area contributed by atoms with Gasteiger partial charge >= 0.3 is 0 Å². The van der Waals surface area contributed by atoms with Crippen LogP contribution in [0, 0.1) is 5.82 Å². The van der Waals surface area contributed by atoms with Crippen LogP contribution in [-0.4, -0.2) is 25.2 Å². The minimum absolute atomic E-state index is 0.204. The van der Waals surface area contributed by atoms with Crippen molar-refractivity contribution in [1.29, 1.82) is 0 Å². The van der Waals surface area contributed by atoms with E-state index in [-0.39, 0.29) is 11.7 Å². The van der Waals surface area contributed by atoms with Gasteiger partial charge in [-0.1, -0.05) is 37.3 Å². The van der Waals surface area contributed by atoms with Crippen molar-refractivity contribution >= 4 is 5.91 Å². The second kappa shape index (κ2) is 9.67. The van der Waals surface area contributed by atoms with E-state index in [1.807, 2.05) is 37.3 Å². The van der Waals surface area contributed by atoms with Crippen LogP contribution in [0.25, 0.3) is 0 Å². The average Bonchev–Trinajstić information content (AvgIpc) is 2.61. The number of hydrogen-bond donors (Lipinski definition) is 1. The Kier molecular flexibility index (Phi) is 7.23. The van der Waals surface area contributed by atoms with Crippen molar-refractivity contribution in [3.8, 4) is 5.75 Å². The lowest BCUT2D eigenvalue weighted by molar-refractivity contribution is -0.128. The number of amides is 1. The van der Waals surface area contributed by atoms with Crippen LogP contribution >= 0.6 is 0 Å². The maximum Gasteiger partial charge on any atom is 0.261 e. The van der Waals surface area contributed by atoms with E-state index in [9.17, 15) is 9.18 Å². The van der Waals surface area contributed by atoms with Gasteiger partial charge in [-0.3, -0.25) is 4.79 Å². The highest BCUT2D eigenvalue weighted by Crippen LogP contribution is 2.14. The van der Waals surface area contributed by atoms with E-state index in [4.69, 9.17) is 9.47 Å². The number of nitrogens with one attached hydrogen (secondary N) is 1. The molecular weight excluding hydrogens is 309 g/mol. The molecule has 0 heterocycles. The first-order valence-electron chi connectivity index (χ1n) is 8.00. The van der Waals surface area contributed by atoms with Crippen LogP contribution in [0.2, 0.25) is 0 Å². The molecule has 1 atom stereocenters. The van der Waals surface area contributed by atoms with Gasteiger partial charge in [0.1, 0.15) is 11.6 Å². The van der Waals surface area contributed by atoms with Crippen LogP contribution in [-0.2, 0) is 16.1 Å². The van der Waals surface area contributed by atoms with Crippen molar-refractivity contribution in [2.24, 2.45) is 0 Å². The van der Waals surface area contributed by atoms with Gasteiger partial charge in [0.25, 0.3) is 5.91 Å². The molecule has 0 aliphatic heterocycles. The van der Waals surface area contributed by atoms with Gasteiger partial charge in [0.15, 0.2) is 6.10 Å². The van der Waals surface area contributed by atoms with E-state index in [1.54, 1.807) is 0 Å². The molecule has 2 aromatic carbocycles. The maximum atomic E-state index is 12.9. The third-order valence-corrected chi connectivity index (χ3v) is 3.41. The van der Waals surface area contributed by atoms with Gasteiger partial charge in [-0.25, -0.2) is 4.39 Å². The zero-order valence-corrected chi connectivity index (χ0v) is 13.7. The Labute approximate surface area is 141 Å². The van der Waals surface area contributed by atoms with Gasteiger partial charge in [-0.05, 0) is 36.2 Å². The second-order valence-corrected chi connectivity index (χ2v) is 5.30. The average molecular weight is 331 g/mol. The molecule has 0 saturated carbocycles. The van der Waals surface area contributed by atoms with Crippen molar-refractivity contribution in [1.82, 2.24) is 5.32 Å². The highest BCUT2D eigenvalue weighted by molar-refractivity contribution is 5.81. The van der Waals surface area contributed by atoms with Crippen molar-refractivity contribution in [2.45, 2.75) is 26.1 Å². The summed E-state index contributed by atoms with van der Waals surface area (Å²) in [7, 11) is 0. The van der Waals surface area contributed by atoms with E-state index < -0.39 is 6.10 Å². The van der Waals surface area contributed by atoms with Crippen molar-refractivity contribution in [3.05, 3.63) is 66.0 Å². The predicted molar refractivity (Wildman–Crippen MR) is 90.2 cm³/mol. The van der Waals surface area contributed by atoms with Crippen LogP contribution in [0.5, 0.6) is 5.75 Å². The molecule has 0 aromatic heterocycles. The monoisotopic (exact) mass is 331 g/mol. The molecule has 0 spiro atoms. The number of benzene rings is 2. The van der Waals surface area contributed by atoms with E-state index in [2.05, 4.69) is 5.32 Å². The fourth-order valence-corrected chi connectivity index (χ4v) is 2.12. The van der Waals surface area contributed by atoms with Gasteiger partial charge in [0.05, 0.1) is 13.2 Å². The fourth-order valence-electron chi connectivity index (χ4n) is 2.12. The highest BCUT2D eigenvalue weighted by atomic mass is 19.1. The maximum absolute atomic E-state index is 12.9. The van der Waals surface area contributed by atoms with E-state index in [1.165, 1.54) is 24.3 Å². The number of ether oxygens (including phenoxy) is 2. The molecular formula is C19H22FNO3. The summed E-state index contributed by atoms with van der Waals surface area (Å²) in [6.45, 7) is 3.21. The SMILES string of the molecule is CC[C@H](Oc1ccc(F)cc1)C(=O)NCCOCc1ccccc1. The lowest BCUT2D eigenvalue weighted by Gasteiger charge is -2.17. The van der Waals surface area contributed by atoms with Crippen LogP contribution in [0.4, 0.5) is 4.39 Å². The summed E-state index contributed by atoms with van der Waals surface area (Å²) in [5, 5.41) is 2.79. The van der Waals surface area contributed by atoms with Crippen LogP contribution in [0.3, 0.4) is 0 Å². The molecule has 5 heteroatoms. The Bertz CT molecular complexity index is 616. The van der Waals surface area contributed by atoms with Crippen molar-refractivity contribution in [2.75, 3.05) is 13.2 Å². The van der Waals surface area contributed by atoms with E-state index in [0.717, 1.165) is 5.56 Å². The molecule has 4 nitrogen and oxygen atoms in total. The fraction of sp³-hybridized carbons (Fsp3) is 0.316. The lowest BCUT2D eigenvalue weighted by Crippen LogP contribution is -2.39. The minimum atomic E-state index is -0.607. The van der Waals surface area contributed by atoms with Gasteiger partial charge < -0.3 is 14.8 Å². The number of halogens is 1. The number of hydrogen-bond acceptors (Lipinski definition) is 3. The van der Waals surface area contributed by atoms with Gasteiger partial charge in [-0.15, -0.1) is 0 Å². The molecule has 24 heavy (non-hydrogen) atoms. The molecule has 0 aliphatic carbocycles. The zero-order valence-electron chi connectivity index (χ0n) is 13.7. The molecule has 0 fully saturated rings. The molecule has 2 aromatic rings. The summed E-state index contributed by atoms with van der Waals surface area (Å²) < 4.78 is 24.0. The lowest BCUT2D eigenvalue weighted by atomic mass is 10.2. The van der Waals surface area contributed by atoms with Crippen LogP contribution in [0.15, 0.2) is 54.6 Å². The molecule has 0 aliphatic rings. The molecule has 1 N–H and O–H groups in total. The van der Waals surface area contributed by atoms with E-state index in [0.29, 0.717) is 31.9 Å². The molecule has 2 rings (SSSR count). The first-order valence-corrected chi connectivity index (χ1v) is 8.00. The van der Waals surface area contributed by atoms with E-state index >= 15 is 0 Å². The standard InChI is InChI=1S/C19H22FNO3/c1-2-18(24-17-10-8-16(20)9-11-17)19(22)21-12-13-23-14-15-6-4-3-5-7-15/h3-11,18H,2,12-14H2,1H3,(H,21,22)/t18-/m0/s1. The minimum Gasteiger partial charge on any atom is -0.481 e. The number of rotatable bonds is 9. The Morgan fingerprint density at radius 2 is 1.83 bits per heavy atom. The number of carbonyl (C=O) groups excluding carboxylic acids is 1. The Hall–Kier alpha value is -2.40. The Morgan fingerprint density at radius 3 is 2.50 bits per heavy atom. The summed E-state index contributed by atoms with van der Waals surface area (Å²) in [6.07, 6.45) is -0.0850. The van der Waals surface area contributed by atoms with Crippen LogP contribution in [0.1, 0.15) is 18.9 Å². The van der Waals surface area contributed by atoms with Crippen molar-refractivity contribution < 1.29 is 18.7 Å². The summed E-state index contributed by atoms with van der Waals surface area (Å²) in [4.78, 5) is 12.1. The molecule has 1 amide bonds. The zero-order chi connectivity index (χ0) is 17.2. The number of carbonyl (C=O) groups is 1. The summed E-state index contributed by atoms with van der Waals surface area (Å²) in [5.41, 5.74) is 1.09. The first kappa shape index (κ1) is 17.9. The molecule has 0 bridgehead atoms. The molecule has 128 valence electrons.